The Labute approximate surface area is 130 Å². The van der Waals surface area contributed by atoms with Gasteiger partial charge in [0.2, 0.25) is 5.91 Å². The van der Waals surface area contributed by atoms with Gasteiger partial charge in [-0.25, -0.2) is 8.42 Å². The first kappa shape index (κ1) is 16.5. The fourth-order valence-corrected chi connectivity index (χ4v) is 4.42. The third-order valence-electron chi connectivity index (χ3n) is 3.77. The Bertz CT molecular complexity index is 555. The van der Waals surface area contributed by atoms with Crippen LogP contribution in [-0.4, -0.2) is 56.4 Å². The number of carbonyl (C=O) groups is 1. The molecule has 1 aromatic heterocycles. The Morgan fingerprint density at radius 1 is 1.43 bits per heavy atom. The second-order valence-electron chi connectivity index (χ2n) is 5.34. The molecular formula is C14H22N2O3S2. The van der Waals surface area contributed by atoms with Crippen molar-refractivity contribution in [3.05, 3.63) is 22.4 Å². The third kappa shape index (κ3) is 5.09. The molecule has 1 aromatic rings. The fourth-order valence-electron chi connectivity index (χ4n) is 2.42. The molecular weight excluding hydrogens is 308 g/mol. The predicted octanol–water partition coefficient (Wildman–Crippen LogP) is 0.916. The zero-order chi connectivity index (χ0) is 15.3. The number of hydrogen-bond acceptors (Lipinski definition) is 5. The van der Waals surface area contributed by atoms with Crippen molar-refractivity contribution >= 4 is 27.1 Å². The quantitative estimate of drug-likeness (QED) is 0.872. The molecule has 1 fully saturated rings. The molecule has 1 aliphatic rings. The van der Waals surface area contributed by atoms with Gasteiger partial charge in [-0.15, -0.1) is 11.3 Å². The molecule has 0 unspecified atom stereocenters. The van der Waals surface area contributed by atoms with Gasteiger partial charge in [-0.2, -0.15) is 0 Å². The molecule has 1 N–H and O–H groups in total. The highest BCUT2D eigenvalue weighted by Gasteiger charge is 2.25. The smallest absolute Gasteiger partial charge is 0.237 e. The van der Waals surface area contributed by atoms with Gasteiger partial charge in [-0.05, 0) is 37.8 Å². The second kappa shape index (κ2) is 7.38. The standard InChI is InChI=1S/C14H22N2O3S2/c1-12(16-7-3-10-21(18,19)11-8-16)14(17)15-6-5-13-4-2-9-20-13/h2,4,9,12H,3,5-8,10-11H2,1H3,(H,15,17)/t12-/m1/s1. The van der Waals surface area contributed by atoms with Crippen LogP contribution in [0.3, 0.4) is 0 Å². The van der Waals surface area contributed by atoms with Crippen LogP contribution in [0.2, 0.25) is 0 Å². The van der Waals surface area contributed by atoms with Crippen molar-refractivity contribution in [1.29, 1.82) is 0 Å². The summed E-state index contributed by atoms with van der Waals surface area (Å²) in [7, 11) is -2.93. The summed E-state index contributed by atoms with van der Waals surface area (Å²) in [4.78, 5) is 15.4. The van der Waals surface area contributed by atoms with Crippen molar-refractivity contribution in [2.75, 3.05) is 31.1 Å². The molecule has 2 heterocycles. The van der Waals surface area contributed by atoms with Gasteiger partial charge >= 0.3 is 0 Å². The van der Waals surface area contributed by atoms with E-state index in [0.29, 0.717) is 26.1 Å². The van der Waals surface area contributed by atoms with Crippen molar-refractivity contribution in [3.8, 4) is 0 Å². The van der Waals surface area contributed by atoms with E-state index >= 15 is 0 Å². The molecule has 1 amide bonds. The summed E-state index contributed by atoms with van der Waals surface area (Å²) in [6.45, 7) is 3.58. The zero-order valence-corrected chi connectivity index (χ0v) is 13.9. The number of hydrogen-bond donors (Lipinski definition) is 1. The van der Waals surface area contributed by atoms with Gasteiger partial charge in [0, 0.05) is 18.0 Å². The van der Waals surface area contributed by atoms with E-state index in [9.17, 15) is 13.2 Å². The van der Waals surface area contributed by atoms with E-state index in [-0.39, 0.29) is 23.5 Å². The van der Waals surface area contributed by atoms with Crippen LogP contribution in [0.4, 0.5) is 0 Å². The predicted molar refractivity (Wildman–Crippen MR) is 85.3 cm³/mol. The number of nitrogens with zero attached hydrogens (tertiary/aromatic N) is 1. The number of carbonyl (C=O) groups excluding carboxylic acids is 1. The SMILES string of the molecule is C[C@H](C(=O)NCCc1cccs1)N1CCCS(=O)(=O)CC1. The van der Waals surface area contributed by atoms with Crippen molar-refractivity contribution in [1.82, 2.24) is 10.2 Å². The molecule has 1 saturated heterocycles. The van der Waals surface area contributed by atoms with Crippen LogP contribution in [0.1, 0.15) is 18.2 Å². The summed E-state index contributed by atoms with van der Waals surface area (Å²) in [5.41, 5.74) is 0. The minimum atomic E-state index is -2.93. The molecule has 0 bridgehead atoms. The minimum absolute atomic E-state index is 0.0224. The minimum Gasteiger partial charge on any atom is -0.354 e. The molecule has 0 saturated carbocycles. The van der Waals surface area contributed by atoms with Gasteiger partial charge in [0.1, 0.15) is 0 Å². The van der Waals surface area contributed by atoms with E-state index in [1.807, 2.05) is 23.3 Å². The molecule has 0 radical (unpaired) electrons. The van der Waals surface area contributed by atoms with Crippen LogP contribution in [0.15, 0.2) is 17.5 Å². The molecule has 0 aromatic carbocycles. The summed E-state index contributed by atoms with van der Waals surface area (Å²) in [6.07, 6.45) is 1.44. The van der Waals surface area contributed by atoms with Gasteiger partial charge < -0.3 is 5.32 Å². The molecule has 0 aliphatic carbocycles. The number of thiophene rings is 1. The highest BCUT2D eigenvalue weighted by atomic mass is 32.2. The molecule has 1 atom stereocenters. The summed E-state index contributed by atoms with van der Waals surface area (Å²) in [5, 5.41) is 4.96. The topological polar surface area (TPSA) is 66.5 Å². The second-order valence-corrected chi connectivity index (χ2v) is 8.67. The summed E-state index contributed by atoms with van der Waals surface area (Å²) in [6, 6.07) is 3.78. The van der Waals surface area contributed by atoms with E-state index < -0.39 is 9.84 Å². The highest BCUT2D eigenvalue weighted by Crippen LogP contribution is 2.10. The van der Waals surface area contributed by atoms with Crippen LogP contribution in [0.25, 0.3) is 0 Å². The monoisotopic (exact) mass is 330 g/mol. The van der Waals surface area contributed by atoms with E-state index in [1.165, 1.54) is 4.88 Å². The zero-order valence-electron chi connectivity index (χ0n) is 12.2. The molecule has 7 heteroatoms. The Balaban J connectivity index is 1.78. The number of sulfone groups is 1. The van der Waals surface area contributed by atoms with Crippen LogP contribution >= 0.6 is 11.3 Å². The average molecular weight is 330 g/mol. The van der Waals surface area contributed by atoms with Crippen LogP contribution in [0, 0.1) is 0 Å². The van der Waals surface area contributed by atoms with Gasteiger partial charge in [0.05, 0.1) is 17.5 Å². The fraction of sp³-hybridized carbons (Fsp3) is 0.643. The van der Waals surface area contributed by atoms with Gasteiger partial charge in [0.25, 0.3) is 0 Å². The van der Waals surface area contributed by atoms with E-state index in [1.54, 1.807) is 11.3 Å². The number of amides is 1. The first-order valence-electron chi connectivity index (χ1n) is 7.22. The molecule has 0 spiro atoms. The normalized spacial score (nSPS) is 20.6. The van der Waals surface area contributed by atoms with Crippen LogP contribution < -0.4 is 5.32 Å². The molecule has 5 nitrogen and oxygen atoms in total. The highest BCUT2D eigenvalue weighted by molar-refractivity contribution is 7.91. The molecule has 1 aliphatic heterocycles. The molecule has 2 rings (SSSR count). The Morgan fingerprint density at radius 2 is 2.24 bits per heavy atom. The average Bonchev–Trinajstić information content (AvgIpc) is 2.88. The lowest BCUT2D eigenvalue weighted by atomic mass is 10.2. The van der Waals surface area contributed by atoms with Crippen molar-refractivity contribution in [2.45, 2.75) is 25.8 Å². The van der Waals surface area contributed by atoms with E-state index in [0.717, 1.165) is 6.42 Å². The first-order valence-corrected chi connectivity index (χ1v) is 9.92. The lowest BCUT2D eigenvalue weighted by molar-refractivity contribution is -0.125. The summed E-state index contributed by atoms with van der Waals surface area (Å²) in [5.74, 6) is 0.363. The van der Waals surface area contributed by atoms with Gasteiger partial charge in [-0.3, -0.25) is 9.69 Å². The van der Waals surface area contributed by atoms with E-state index in [2.05, 4.69) is 11.4 Å². The maximum absolute atomic E-state index is 12.1. The third-order valence-corrected chi connectivity index (χ3v) is 6.42. The van der Waals surface area contributed by atoms with E-state index in [4.69, 9.17) is 0 Å². The number of rotatable bonds is 5. The summed E-state index contributed by atoms with van der Waals surface area (Å²) >= 11 is 1.69. The van der Waals surface area contributed by atoms with Crippen LogP contribution in [-0.2, 0) is 21.1 Å². The lowest BCUT2D eigenvalue weighted by Gasteiger charge is -2.26. The molecule has 21 heavy (non-hydrogen) atoms. The lowest BCUT2D eigenvalue weighted by Crippen LogP contribution is -2.46. The summed E-state index contributed by atoms with van der Waals surface area (Å²) < 4.78 is 23.2. The first-order chi connectivity index (χ1) is 9.98. The van der Waals surface area contributed by atoms with Crippen LogP contribution in [0.5, 0.6) is 0 Å². The van der Waals surface area contributed by atoms with Crippen molar-refractivity contribution in [2.24, 2.45) is 0 Å². The van der Waals surface area contributed by atoms with Gasteiger partial charge in [0.15, 0.2) is 9.84 Å². The van der Waals surface area contributed by atoms with Crippen molar-refractivity contribution in [3.63, 3.8) is 0 Å². The van der Waals surface area contributed by atoms with Crippen molar-refractivity contribution < 1.29 is 13.2 Å². The Morgan fingerprint density at radius 3 is 2.95 bits per heavy atom. The number of nitrogens with one attached hydrogen (secondary N) is 1. The van der Waals surface area contributed by atoms with Gasteiger partial charge in [-0.1, -0.05) is 6.07 Å². The maximum Gasteiger partial charge on any atom is 0.237 e. The Kier molecular flexibility index (Phi) is 5.78. The maximum atomic E-state index is 12.1. The largest absolute Gasteiger partial charge is 0.354 e. The Hall–Kier alpha value is -0.920. The molecule has 118 valence electrons.